The van der Waals surface area contributed by atoms with Crippen LogP contribution >= 0.6 is 24.0 Å². The second kappa shape index (κ2) is 9.56. The van der Waals surface area contributed by atoms with E-state index in [9.17, 15) is 0 Å². The molecule has 0 radical (unpaired) electrons. The monoisotopic (exact) mass is 440 g/mol. The number of hydrogen-bond acceptors (Lipinski definition) is 3. The van der Waals surface area contributed by atoms with Crippen molar-refractivity contribution in [3.05, 3.63) is 54.5 Å². The summed E-state index contributed by atoms with van der Waals surface area (Å²) in [6.07, 6.45) is 2.59. The van der Waals surface area contributed by atoms with Gasteiger partial charge in [-0.3, -0.25) is 4.99 Å². The zero-order valence-corrected chi connectivity index (χ0v) is 16.3. The van der Waals surface area contributed by atoms with Gasteiger partial charge in [0.1, 0.15) is 5.76 Å². The maximum atomic E-state index is 5.36. The third-order valence-electron chi connectivity index (χ3n) is 4.15. The van der Waals surface area contributed by atoms with Crippen LogP contribution < -0.4 is 10.2 Å². The average Bonchev–Trinajstić information content (AvgIpc) is 3.13. The third-order valence-corrected chi connectivity index (χ3v) is 4.15. The first-order chi connectivity index (χ1) is 11.4. The van der Waals surface area contributed by atoms with E-state index in [1.165, 1.54) is 5.69 Å². The molecule has 0 atom stereocenters. The van der Waals surface area contributed by atoms with Gasteiger partial charge in [-0.15, -0.1) is 24.0 Å². The van der Waals surface area contributed by atoms with E-state index < -0.39 is 0 Å². The molecule has 130 valence electrons. The SMILES string of the molecule is CN=C(NCCc1ccco1)N1CCN(c2ccccc2)CC1.I. The van der Waals surface area contributed by atoms with Gasteiger partial charge in [0.25, 0.3) is 0 Å². The van der Waals surface area contributed by atoms with Crippen LogP contribution in [-0.4, -0.2) is 50.6 Å². The zero-order chi connectivity index (χ0) is 15.9. The van der Waals surface area contributed by atoms with Gasteiger partial charge in [0, 0.05) is 51.9 Å². The number of anilines is 1. The zero-order valence-electron chi connectivity index (χ0n) is 14.0. The molecule has 24 heavy (non-hydrogen) atoms. The van der Waals surface area contributed by atoms with Crippen molar-refractivity contribution in [3.63, 3.8) is 0 Å². The first-order valence-corrected chi connectivity index (χ1v) is 8.15. The molecule has 1 aliphatic rings. The molecule has 0 amide bonds. The van der Waals surface area contributed by atoms with Crippen molar-refractivity contribution < 1.29 is 4.42 Å². The Morgan fingerprint density at radius 3 is 2.46 bits per heavy atom. The Hall–Kier alpha value is -1.70. The van der Waals surface area contributed by atoms with Crippen LogP contribution in [0.2, 0.25) is 0 Å². The van der Waals surface area contributed by atoms with E-state index in [0.717, 1.165) is 50.9 Å². The fourth-order valence-electron chi connectivity index (χ4n) is 2.90. The number of aliphatic imine (C=N–C) groups is 1. The molecule has 0 saturated carbocycles. The minimum absolute atomic E-state index is 0. The van der Waals surface area contributed by atoms with Crippen LogP contribution in [-0.2, 0) is 6.42 Å². The number of halogens is 1. The van der Waals surface area contributed by atoms with E-state index in [0.29, 0.717) is 0 Å². The van der Waals surface area contributed by atoms with Crippen molar-refractivity contribution in [2.24, 2.45) is 4.99 Å². The van der Waals surface area contributed by atoms with Gasteiger partial charge in [-0.25, -0.2) is 0 Å². The van der Waals surface area contributed by atoms with Gasteiger partial charge in [0.05, 0.1) is 6.26 Å². The molecule has 2 heterocycles. The maximum Gasteiger partial charge on any atom is 0.193 e. The smallest absolute Gasteiger partial charge is 0.193 e. The first-order valence-electron chi connectivity index (χ1n) is 8.15. The summed E-state index contributed by atoms with van der Waals surface area (Å²) in [5.74, 6) is 1.98. The molecule has 2 aromatic rings. The summed E-state index contributed by atoms with van der Waals surface area (Å²) < 4.78 is 5.36. The van der Waals surface area contributed by atoms with Gasteiger partial charge in [-0.05, 0) is 24.3 Å². The fraction of sp³-hybridized carbons (Fsp3) is 0.389. The van der Waals surface area contributed by atoms with Gasteiger partial charge in [0.15, 0.2) is 5.96 Å². The number of hydrogen-bond donors (Lipinski definition) is 1. The number of nitrogens with zero attached hydrogens (tertiary/aromatic N) is 3. The fourth-order valence-corrected chi connectivity index (χ4v) is 2.90. The average molecular weight is 440 g/mol. The molecule has 1 N–H and O–H groups in total. The largest absolute Gasteiger partial charge is 0.469 e. The molecule has 1 aromatic heterocycles. The first kappa shape index (κ1) is 18.6. The lowest BCUT2D eigenvalue weighted by Gasteiger charge is -2.37. The van der Waals surface area contributed by atoms with E-state index in [4.69, 9.17) is 4.42 Å². The second-order valence-electron chi connectivity index (χ2n) is 5.61. The van der Waals surface area contributed by atoms with Crippen molar-refractivity contribution in [1.82, 2.24) is 10.2 Å². The van der Waals surface area contributed by atoms with Crippen LogP contribution in [0.1, 0.15) is 5.76 Å². The third kappa shape index (κ3) is 4.90. The summed E-state index contributed by atoms with van der Waals surface area (Å²) in [4.78, 5) is 9.15. The highest BCUT2D eigenvalue weighted by Gasteiger charge is 2.19. The Morgan fingerprint density at radius 2 is 1.83 bits per heavy atom. The van der Waals surface area contributed by atoms with E-state index in [-0.39, 0.29) is 24.0 Å². The molecular weight excluding hydrogens is 415 g/mol. The number of guanidine groups is 1. The minimum Gasteiger partial charge on any atom is -0.469 e. The molecule has 0 spiro atoms. The van der Waals surface area contributed by atoms with E-state index in [1.54, 1.807) is 6.26 Å². The topological polar surface area (TPSA) is 44.0 Å². The van der Waals surface area contributed by atoms with Crippen LogP contribution in [0.3, 0.4) is 0 Å². The number of furan rings is 1. The molecular formula is C18H25IN4O. The summed E-state index contributed by atoms with van der Waals surface area (Å²) >= 11 is 0. The highest BCUT2D eigenvalue weighted by Crippen LogP contribution is 2.15. The summed E-state index contributed by atoms with van der Waals surface area (Å²) in [5, 5.41) is 3.43. The Morgan fingerprint density at radius 1 is 1.08 bits per heavy atom. The summed E-state index contributed by atoms with van der Waals surface area (Å²) in [6, 6.07) is 14.5. The van der Waals surface area contributed by atoms with Gasteiger partial charge in [-0.2, -0.15) is 0 Å². The van der Waals surface area contributed by atoms with Crippen molar-refractivity contribution in [2.75, 3.05) is 44.7 Å². The van der Waals surface area contributed by atoms with Crippen LogP contribution in [0, 0.1) is 0 Å². The van der Waals surface area contributed by atoms with Crippen LogP contribution in [0.15, 0.2) is 58.1 Å². The normalized spacial score (nSPS) is 15.1. The Balaban J connectivity index is 0.00000208. The molecule has 0 bridgehead atoms. The molecule has 1 fully saturated rings. The number of nitrogens with one attached hydrogen (secondary N) is 1. The lowest BCUT2D eigenvalue weighted by atomic mass is 10.2. The quantitative estimate of drug-likeness (QED) is 0.451. The molecule has 5 nitrogen and oxygen atoms in total. The lowest BCUT2D eigenvalue weighted by molar-refractivity contribution is 0.372. The van der Waals surface area contributed by atoms with E-state index >= 15 is 0 Å². The highest BCUT2D eigenvalue weighted by atomic mass is 127. The standard InChI is InChI=1S/C18H24N4O.HI/c1-19-18(20-10-9-17-8-5-15-23-17)22-13-11-21(12-14-22)16-6-3-2-4-7-16;/h2-8,15H,9-14H2,1H3,(H,19,20);1H. The van der Waals surface area contributed by atoms with E-state index in [2.05, 4.69) is 50.4 Å². The van der Waals surface area contributed by atoms with Crippen molar-refractivity contribution in [3.8, 4) is 0 Å². The van der Waals surface area contributed by atoms with E-state index in [1.807, 2.05) is 19.2 Å². The molecule has 0 unspecified atom stereocenters. The predicted molar refractivity (Wildman–Crippen MR) is 109 cm³/mol. The van der Waals surface area contributed by atoms with Crippen LogP contribution in [0.5, 0.6) is 0 Å². The minimum atomic E-state index is 0. The number of benzene rings is 1. The molecule has 1 saturated heterocycles. The Labute approximate surface area is 160 Å². The van der Waals surface area contributed by atoms with Crippen molar-refractivity contribution in [1.29, 1.82) is 0 Å². The summed E-state index contributed by atoms with van der Waals surface area (Å²) in [6.45, 7) is 4.83. The molecule has 1 aliphatic heterocycles. The molecule has 3 rings (SSSR count). The number of para-hydroxylation sites is 1. The second-order valence-corrected chi connectivity index (χ2v) is 5.61. The van der Waals surface area contributed by atoms with Gasteiger partial charge in [-0.1, -0.05) is 18.2 Å². The van der Waals surface area contributed by atoms with Gasteiger partial charge < -0.3 is 19.5 Å². The summed E-state index contributed by atoms with van der Waals surface area (Å²) in [5.41, 5.74) is 1.30. The lowest BCUT2D eigenvalue weighted by Crippen LogP contribution is -2.52. The number of rotatable bonds is 4. The Bertz CT molecular complexity index is 607. The Kier molecular flexibility index (Phi) is 7.42. The molecule has 6 heteroatoms. The maximum absolute atomic E-state index is 5.36. The molecule has 0 aliphatic carbocycles. The number of piperazine rings is 1. The van der Waals surface area contributed by atoms with Crippen molar-refractivity contribution in [2.45, 2.75) is 6.42 Å². The van der Waals surface area contributed by atoms with Crippen LogP contribution in [0.25, 0.3) is 0 Å². The predicted octanol–water partition coefficient (Wildman–Crippen LogP) is 2.84. The highest BCUT2D eigenvalue weighted by molar-refractivity contribution is 14.0. The summed E-state index contributed by atoms with van der Waals surface area (Å²) in [7, 11) is 1.85. The van der Waals surface area contributed by atoms with Gasteiger partial charge in [0.2, 0.25) is 0 Å². The van der Waals surface area contributed by atoms with Crippen LogP contribution in [0.4, 0.5) is 5.69 Å². The van der Waals surface area contributed by atoms with Gasteiger partial charge >= 0.3 is 0 Å². The van der Waals surface area contributed by atoms with Crippen molar-refractivity contribution >= 4 is 35.6 Å². The molecule has 1 aromatic carbocycles.